The lowest BCUT2D eigenvalue weighted by Crippen LogP contribution is -2.36. The Kier molecular flexibility index (Phi) is 6.08. The van der Waals surface area contributed by atoms with E-state index in [2.05, 4.69) is 5.32 Å². The molecule has 6 heteroatoms. The average molecular weight is 327 g/mol. The fraction of sp³-hybridized carbons (Fsp3) is 0.167. The third-order valence-electron chi connectivity index (χ3n) is 3.24. The van der Waals surface area contributed by atoms with Gasteiger partial charge in [0.2, 0.25) is 6.10 Å². The fourth-order valence-electron chi connectivity index (χ4n) is 2.05. The number of nitrogens with one attached hydrogen (secondary N) is 1. The predicted octanol–water partition coefficient (Wildman–Crippen LogP) is 1.66. The van der Waals surface area contributed by atoms with E-state index in [0.717, 1.165) is 5.56 Å². The number of hydrogen-bond donors (Lipinski definition) is 2. The Morgan fingerprint density at radius 1 is 0.958 bits per heavy atom. The van der Waals surface area contributed by atoms with Crippen molar-refractivity contribution in [1.29, 1.82) is 0 Å². The lowest BCUT2D eigenvalue weighted by Gasteiger charge is -2.14. The molecule has 2 aromatic rings. The van der Waals surface area contributed by atoms with Crippen molar-refractivity contribution >= 4 is 17.8 Å². The molecule has 0 spiro atoms. The van der Waals surface area contributed by atoms with Crippen molar-refractivity contribution in [2.45, 2.75) is 12.5 Å². The average Bonchev–Trinajstić information content (AvgIpc) is 2.60. The first kappa shape index (κ1) is 17.2. The van der Waals surface area contributed by atoms with E-state index in [1.165, 1.54) is 0 Å². The molecule has 2 N–H and O–H groups in total. The second-order valence-corrected chi connectivity index (χ2v) is 5.06. The Labute approximate surface area is 139 Å². The third-order valence-corrected chi connectivity index (χ3v) is 3.24. The Hall–Kier alpha value is -3.15. The highest BCUT2D eigenvalue weighted by atomic mass is 16.6. The Bertz CT molecular complexity index is 700. The summed E-state index contributed by atoms with van der Waals surface area (Å²) in [6.07, 6.45) is -1.23. The van der Waals surface area contributed by atoms with Crippen LogP contribution < -0.4 is 5.32 Å². The number of benzene rings is 2. The highest BCUT2D eigenvalue weighted by molar-refractivity contribution is 5.96. The summed E-state index contributed by atoms with van der Waals surface area (Å²) in [5.41, 5.74) is 1.15. The topological polar surface area (TPSA) is 92.7 Å². The molecular formula is C18H17NO5. The molecule has 0 radical (unpaired) electrons. The highest BCUT2D eigenvalue weighted by Gasteiger charge is 2.23. The fourth-order valence-corrected chi connectivity index (χ4v) is 2.05. The second kappa shape index (κ2) is 8.47. The van der Waals surface area contributed by atoms with Crippen molar-refractivity contribution in [1.82, 2.24) is 5.32 Å². The van der Waals surface area contributed by atoms with E-state index in [0.29, 0.717) is 5.56 Å². The minimum Gasteiger partial charge on any atom is -0.478 e. The van der Waals surface area contributed by atoms with Crippen LogP contribution in [0.25, 0.3) is 0 Å². The van der Waals surface area contributed by atoms with Gasteiger partial charge in [-0.3, -0.25) is 9.59 Å². The van der Waals surface area contributed by atoms with Crippen LogP contribution in [0.15, 0.2) is 60.7 Å². The number of ether oxygens (including phenoxy) is 1. The number of carboxylic acid groups (broad SMARTS) is 1. The summed E-state index contributed by atoms with van der Waals surface area (Å²) in [6.45, 7) is -0.397. The minimum atomic E-state index is -1.30. The third kappa shape index (κ3) is 5.24. The zero-order valence-electron chi connectivity index (χ0n) is 12.8. The number of rotatable bonds is 7. The molecule has 0 bridgehead atoms. The summed E-state index contributed by atoms with van der Waals surface area (Å²) in [7, 11) is 0. The lowest BCUT2D eigenvalue weighted by atomic mass is 10.1. The molecule has 0 aliphatic carbocycles. The molecule has 0 aromatic heterocycles. The molecule has 6 nitrogen and oxygen atoms in total. The van der Waals surface area contributed by atoms with Crippen molar-refractivity contribution in [2.75, 3.05) is 6.54 Å². The van der Waals surface area contributed by atoms with E-state index < -0.39 is 30.5 Å². The maximum atomic E-state index is 11.8. The molecule has 0 aliphatic rings. The lowest BCUT2D eigenvalue weighted by molar-refractivity contribution is -0.163. The Morgan fingerprint density at radius 3 is 2.12 bits per heavy atom. The summed E-state index contributed by atoms with van der Waals surface area (Å²) in [6, 6.07) is 17.2. The quantitative estimate of drug-likeness (QED) is 0.755. The van der Waals surface area contributed by atoms with Crippen LogP contribution in [-0.2, 0) is 20.7 Å². The van der Waals surface area contributed by atoms with Crippen molar-refractivity contribution in [3.8, 4) is 0 Å². The molecule has 1 amide bonds. The number of esters is 1. The van der Waals surface area contributed by atoms with Crippen LogP contribution in [0.4, 0.5) is 0 Å². The number of carbonyl (C=O) groups excluding carboxylic acids is 2. The smallest absolute Gasteiger partial charge is 0.345 e. The predicted molar refractivity (Wildman–Crippen MR) is 86.4 cm³/mol. The van der Waals surface area contributed by atoms with Gasteiger partial charge in [0.25, 0.3) is 5.91 Å². The molecule has 0 heterocycles. The summed E-state index contributed by atoms with van der Waals surface area (Å²) in [4.78, 5) is 34.8. The normalized spacial score (nSPS) is 11.3. The molecule has 0 aliphatic heterocycles. The number of carbonyl (C=O) groups is 3. The Balaban J connectivity index is 1.87. The van der Waals surface area contributed by atoms with Crippen LogP contribution in [0.1, 0.15) is 15.9 Å². The minimum absolute atomic E-state index is 0.0640. The number of hydrogen-bond acceptors (Lipinski definition) is 4. The summed E-state index contributed by atoms with van der Waals surface area (Å²) in [5, 5.41) is 11.6. The summed E-state index contributed by atoms with van der Waals surface area (Å²) in [5.74, 6) is -2.47. The Morgan fingerprint density at radius 2 is 1.54 bits per heavy atom. The van der Waals surface area contributed by atoms with Gasteiger partial charge in [0.05, 0.1) is 0 Å². The monoisotopic (exact) mass is 327 g/mol. The summed E-state index contributed by atoms with van der Waals surface area (Å²) < 4.78 is 4.95. The first-order valence-corrected chi connectivity index (χ1v) is 7.35. The van der Waals surface area contributed by atoms with Gasteiger partial charge in [0.15, 0.2) is 0 Å². The van der Waals surface area contributed by atoms with E-state index in [9.17, 15) is 19.5 Å². The van der Waals surface area contributed by atoms with Gasteiger partial charge < -0.3 is 15.2 Å². The van der Waals surface area contributed by atoms with Crippen LogP contribution in [0.3, 0.4) is 0 Å². The molecule has 2 aromatic carbocycles. The van der Waals surface area contributed by atoms with E-state index in [-0.39, 0.29) is 6.42 Å². The van der Waals surface area contributed by atoms with Crippen molar-refractivity contribution < 1.29 is 24.2 Å². The van der Waals surface area contributed by atoms with Gasteiger partial charge in [-0.1, -0.05) is 48.5 Å². The molecular weight excluding hydrogens is 310 g/mol. The largest absolute Gasteiger partial charge is 0.478 e. The van der Waals surface area contributed by atoms with Crippen LogP contribution >= 0.6 is 0 Å². The van der Waals surface area contributed by atoms with Gasteiger partial charge in [-0.05, 0) is 17.7 Å². The van der Waals surface area contributed by atoms with Crippen molar-refractivity contribution in [3.63, 3.8) is 0 Å². The van der Waals surface area contributed by atoms with Gasteiger partial charge in [-0.25, -0.2) is 4.79 Å². The van der Waals surface area contributed by atoms with E-state index >= 15 is 0 Å². The maximum absolute atomic E-state index is 11.8. The first-order chi connectivity index (χ1) is 11.6. The second-order valence-electron chi connectivity index (χ2n) is 5.06. The number of amides is 1. The molecule has 0 saturated heterocycles. The number of aliphatic carboxylic acids is 1. The van der Waals surface area contributed by atoms with E-state index in [1.54, 1.807) is 54.6 Å². The molecule has 0 fully saturated rings. The van der Waals surface area contributed by atoms with Gasteiger partial charge in [-0.15, -0.1) is 0 Å². The molecule has 0 unspecified atom stereocenters. The highest BCUT2D eigenvalue weighted by Crippen LogP contribution is 2.07. The van der Waals surface area contributed by atoms with Crippen LogP contribution in [0.5, 0.6) is 0 Å². The van der Waals surface area contributed by atoms with Crippen molar-refractivity contribution in [3.05, 3.63) is 71.8 Å². The van der Waals surface area contributed by atoms with Gasteiger partial charge in [-0.2, -0.15) is 0 Å². The van der Waals surface area contributed by atoms with Gasteiger partial charge in [0, 0.05) is 12.0 Å². The van der Waals surface area contributed by atoms with Gasteiger partial charge in [0.1, 0.15) is 6.54 Å². The van der Waals surface area contributed by atoms with Gasteiger partial charge >= 0.3 is 11.9 Å². The van der Waals surface area contributed by atoms with Crippen LogP contribution in [0, 0.1) is 0 Å². The first-order valence-electron chi connectivity index (χ1n) is 7.35. The van der Waals surface area contributed by atoms with E-state index in [4.69, 9.17) is 4.74 Å². The SMILES string of the molecule is O=C(CNC(=O)c1ccccc1)O[C@H](Cc1ccccc1)C(=O)O. The molecule has 1 atom stereocenters. The molecule has 0 saturated carbocycles. The van der Waals surface area contributed by atoms with Crippen LogP contribution in [-0.4, -0.2) is 35.6 Å². The molecule has 124 valence electrons. The zero-order valence-corrected chi connectivity index (χ0v) is 12.8. The molecule has 2 rings (SSSR count). The molecule has 24 heavy (non-hydrogen) atoms. The standard InChI is InChI=1S/C18H17NO5/c20-16(12-19-17(21)14-9-5-2-6-10-14)24-15(18(22)23)11-13-7-3-1-4-8-13/h1-10,15H,11-12H2,(H,19,21)(H,22,23)/t15-/m1/s1. The van der Waals surface area contributed by atoms with E-state index in [1.807, 2.05) is 6.07 Å². The maximum Gasteiger partial charge on any atom is 0.345 e. The summed E-state index contributed by atoms with van der Waals surface area (Å²) >= 11 is 0. The number of carboxylic acids is 1. The van der Waals surface area contributed by atoms with Crippen molar-refractivity contribution in [2.24, 2.45) is 0 Å². The van der Waals surface area contributed by atoms with Crippen LogP contribution in [0.2, 0.25) is 0 Å². The zero-order chi connectivity index (χ0) is 17.4.